The summed E-state index contributed by atoms with van der Waals surface area (Å²) < 4.78 is 10.9. The molecule has 1 saturated heterocycles. The lowest BCUT2D eigenvalue weighted by Gasteiger charge is -2.30. The number of morpholine rings is 1. The number of hydrogen-bond acceptors (Lipinski definition) is 5. The van der Waals surface area contributed by atoms with E-state index in [2.05, 4.69) is 4.98 Å². The van der Waals surface area contributed by atoms with E-state index in [0.717, 1.165) is 10.9 Å². The topological polar surface area (TPSA) is 71.9 Å². The van der Waals surface area contributed by atoms with Gasteiger partial charge in [-0.15, -0.1) is 0 Å². The number of carboxylic acids is 1. The molecule has 0 aliphatic carbocycles. The molecule has 22 heavy (non-hydrogen) atoms. The summed E-state index contributed by atoms with van der Waals surface area (Å²) in [6, 6.07) is 5.57. The molecule has 6 heteroatoms. The summed E-state index contributed by atoms with van der Waals surface area (Å²) in [5.41, 5.74) is 1.67. The Morgan fingerprint density at radius 1 is 1.41 bits per heavy atom. The molecule has 6 nitrogen and oxygen atoms in total. The van der Waals surface area contributed by atoms with Crippen LogP contribution in [0.3, 0.4) is 0 Å². The quantitative estimate of drug-likeness (QED) is 0.933. The zero-order chi connectivity index (χ0) is 15.5. The zero-order valence-corrected chi connectivity index (χ0v) is 12.4. The number of aromatic nitrogens is 1. The first-order valence-electron chi connectivity index (χ1n) is 7.32. The van der Waals surface area contributed by atoms with Crippen molar-refractivity contribution < 1.29 is 19.4 Å². The predicted molar refractivity (Wildman–Crippen MR) is 82.9 cm³/mol. The van der Waals surface area contributed by atoms with E-state index < -0.39 is 5.97 Å². The van der Waals surface area contributed by atoms with Gasteiger partial charge in [0.05, 0.1) is 31.0 Å². The second-order valence-corrected chi connectivity index (χ2v) is 5.04. The number of rotatable bonds is 4. The highest BCUT2D eigenvalue weighted by Crippen LogP contribution is 2.32. The van der Waals surface area contributed by atoms with E-state index >= 15 is 0 Å². The van der Waals surface area contributed by atoms with Crippen molar-refractivity contribution >= 4 is 22.6 Å². The average Bonchev–Trinajstić information content (AvgIpc) is 2.54. The number of ether oxygens (including phenoxy) is 2. The van der Waals surface area contributed by atoms with Gasteiger partial charge < -0.3 is 19.5 Å². The third-order valence-corrected chi connectivity index (χ3v) is 3.68. The van der Waals surface area contributed by atoms with Crippen molar-refractivity contribution in [3.05, 3.63) is 30.0 Å². The average molecular weight is 302 g/mol. The molecule has 1 aromatic carbocycles. The molecule has 0 spiro atoms. The van der Waals surface area contributed by atoms with Crippen LogP contribution in [-0.2, 0) is 4.74 Å². The molecule has 1 aromatic heterocycles. The van der Waals surface area contributed by atoms with Gasteiger partial charge in [0.2, 0.25) is 0 Å². The number of benzene rings is 1. The highest BCUT2D eigenvalue weighted by Gasteiger charge is 2.22. The summed E-state index contributed by atoms with van der Waals surface area (Å²) >= 11 is 0. The number of aromatic carboxylic acids is 1. The summed E-state index contributed by atoms with van der Waals surface area (Å²) in [4.78, 5) is 17.9. The van der Waals surface area contributed by atoms with Gasteiger partial charge in [-0.1, -0.05) is 0 Å². The standard InChI is InChI=1S/C16H18N2O4/c1-2-22-11-3-4-14-12(9-11)15(13(10-17-14)16(19)20)18-5-7-21-8-6-18/h3-4,9-10H,2,5-8H2,1H3,(H,19,20). The minimum Gasteiger partial charge on any atom is -0.494 e. The SMILES string of the molecule is CCOc1ccc2ncc(C(=O)O)c(N3CCOCC3)c2c1. The van der Waals surface area contributed by atoms with E-state index in [1.54, 1.807) is 0 Å². The maximum Gasteiger partial charge on any atom is 0.339 e. The minimum atomic E-state index is -0.974. The van der Waals surface area contributed by atoms with Crippen LogP contribution in [0.15, 0.2) is 24.4 Å². The van der Waals surface area contributed by atoms with Gasteiger partial charge in [0.1, 0.15) is 11.3 Å². The molecule has 0 bridgehead atoms. The number of hydrogen-bond donors (Lipinski definition) is 1. The van der Waals surface area contributed by atoms with Crippen LogP contribution < -0.4 is 9.64 Å². The van der Waals surface area contributed by atoms with E-state index in [0.29, 0.717) is 44.3 Å². The Hall–Kier alpha value is -2.34. The predicted octanol–water partition coefficient (Wildman–Crippen LogP) is 2.17. The van der Waals surface area contributed by atoms with Gasteiger partial charge in [-0.2, -0.15) is 0 Å². The van der Waals surface area contributed by atoms with E-state index in [-0.39, 0.29) is 5.56 Å². The van der Waals surface area contributed by atoms with Crippen molar-refractivity contribution in [2.75, 3.05) is 37.8 Å². The van der Waals surface area contributed by atoms with Crippen LogP contribution in [0.2, 0.25) is 0 Å². The van der Waals surface area contributed by atoms with Gasteiger partial charge >= 0.3 is 5.97 Å². The van der Waals surface area contributed by atoms with Crippen LogP contribution in [-0.4, -0.2) is 49.0 Å². The summed E-state index contributed by atoms with van der Waals surface area (Å²) in [6.45, 7) is 4.99. The first-order valence-corrected chi connectivity index (χ1v) is 7.32. The third-order valence-electron chi connectivity index (χ3n) is 3.68. The number of carboxylic acid groups (broad SMARTS) is 1. The molecular weight excluding hydrogens is 284 g/mol. The Balaban J connectivity index is 2.19. The summed E-state index contributed by atoms with van der Waals surface area (Å²) in [5, 5.41) is 10.3. The monoisotopic (exact) mass is 302 g/mol. The molecular formula is C16H18N2O4. The molecule has 0 amide bonds. The largest absolute Gasteiger partial charge is 0.494 e. The Morgan fingerprint density at radius 3 is 2.86 bits per heavy atom. The number of nitrogens with zero attached hydrogens (tertiary/aromatic N) is 2. The molecule has 1 N–H and O–H groups in total. The molecule has 0 atom stereocenters. The maximum atomic E-state index is 11.6. The number of fused-ring (bicyclic) bond motifs is 1. The van der Waals surface area contributed by atoms with Crippen molar-refractivity contribution in [2.45, 2.75) is 6.92 Å². The van der Waals surface area contributed by atoms with Crippen LogP contribution in [0, 0.1) is 0 Å². The second kappa shape index (κ2) is 6.19. The van der Waals surface area contributed by atoms with Gasteiger partial charge in [0.15, 0.2) is 0 Å². The van der Waals surface area contributed by atoms with Crippen molar-refractivity contribution in [3.63, 3.8) is 0 Å². The Labute approximate surface area is 128 Å². The first-order chi connectivity index (χ1) is 10.7. The fourth-order valence-corrected chi connectivity index (χ4v) is 2.70. The third kappa shape index (κ3) is 2.69. The van der Waals surface area contributed by atoms with E-state index in [4.69, 9.17) is 9.47 Å². The van der Waals surface area contributed by atoms with Crippen LogP contribution in [0.1, 0.15) is 17.3 Å². The summed E-state index contributed by atoms with van der Waals surface area (Å²) in [6.07, 6.45) is 1.43. The fraction of sp³-hybridized carbons (Fsp3) is 0.375. The molecule has 2 aromatic rings. The van der Waals surface area contributed by atoms with Gasteiger partial charge in [-0.05, 0) is 25.1 Å². The molecule has 0 saturated carbocycles. The van der Waals surface area contributed by atoms with Crippen molar-refractivity contribution in [2.24, 2.45) is 0 Å². The van der Waals surface area contributed by atoms with Crippen molar-refractivity contribution in [1.29, 1.82) is 0 Å². The van der Waals surface area contributed by atoms with Gasteiger partial charge in [-0.3, -0.25) is 4.98 Å². The van der Waals surface area contributed by atoms with Crippen molar-refractivity contribution in [1.82, 2.24) is 4.98 Å². The Morgan fingerprint density at radius 2 is 2.18 bits per heavy atom. The molecule has 1 aliphatic heterocycles. The van der Waals surface area contributed by atoms with E-state index in [9.17, 15) is 9.90 Å². The van der Waals surface area contributed by atoms with E-state index in [1.807, 2.05) is 30.0 Å². The molecule has 2 heterocycles. The smallest absolute Gasteiger partial charge is 0.339 e. The van der Waals surface area contributed by atoms with Gasteiger partial charge in [-0.25, -0.2) is 4.79 Å². The normalized spacial score (nSPS) is 15.0. The number of anilines is 1. The van der Waals surface area contributed by atoms with Crippen LogP contribution in [0.5, 0.6) is 5.75 Å². The highest BCUT2D eigenvalue weighted by molar-refractivity contribution is 6.05. The fourth-order valence-electron chi connectivity index (χ4n) is 2.70. The number of carbonyl (C=O) groups is 1. The first kappa shape index (κ1) is 14.6. The van der Waals surface area contributed by atoms with Crippen LogP contribution in [0.4, 0.5) is 5.69 Å². The minimum absolute atomic E-state index is 0.211. The lowest BCUT2D eigenvalue weighted by atomic mass is 10.1. The molecule has 3 rings (SSSR count). The lowest BCUT2D eigenvalue weighted by Crippen LogP contribution is -2.37. The molecule has 116 valence electrons. The lowest BCUT2D eigenvalue weighted by molar-refractivity contribution is 0.0696. The van der Waals surface area contributed by atoms with Crippen LogP contribution in [0.25, 0.3) is 10.9 Å². The summed E-state index contributed by atoms with van der Waals surface area (Å²) in [7, 11) is 0. The molecule has 0 unspecified atom stereocenters. The molecule has 1 fully saturated rings. The van der Waals surface area contributed by atoms with E-state index in [1.165, 1.54) is 6.20 Å². The van der Waals surface area contributed by atoms with Gasteiger partial charge in [0.25, 0.3) is 0 Å². The second-order valence-electron chi connectivity index (χ2n) is 5.04. The van der Waals surface area contributed by atoms with Gasteiger partial charge in [0, 0.05) is 24.7 Å². The molecule has 0 radical (unpaired) electrons. The zero-order valence-electron chi connectivity index (χ0n) is 12.4. The highest BCUT2D eigenvalue weighted by atomic mass is 16.5. The maximum absolute atomic E-state index is 11.6. The number of pyridine rings is 1. The Bertz CT molecular complexity index is 696. The molecule has 1 aliphatic rings. The van der Waals surface area contributed by atoms with Crippen LogP contribution >= 0.6 is 0 Å². The van der Waals surface area contributed by atoms with Crippen molar-refractivity contribution in [3.8, 4) is 5.75 Å². The summed E-state index contributed by atoms with van der Waals surface area (Å²) in [5.74, 6) is -0.258. The Kier molecular flexibility index (Phi) is 4.11.